The minimum atomic E-state index is -1.22. The molecule has 2 rings (SSSR count). The third kappa shape index (κ3) is 3.30. The van der Waals surface area contributed by atoms with Crippen molar-refractivity contribution in [3.05, 3.63) is 71.0 Å². The SMILES string of the molecule is CCC(CNC(=O)c1cccc(F)c1C)(C(=O)O)c1ccccc1. The molecule has 0 heterocycles. The Hall–Kier alpha value is -2.69. The number of carboxylic acid groups (broad SMARTS) is 1. The highest BCUT2D eigenvalue weighted by Gasteiger charge is 2.39. The number of halogens is 1. The second kappa shape index (κ2) is 7.25. The maximum atomic E-state index is 13.6. The molecule has 0 aromatic heterocycles. The Morgan fingerprint density at radius 2 is 1.79 bits per heavy atom. The number of hydrogen-bond acceptors (Lipinski definition) is 2. The molecule has 1 atom stereocenters. The summed E-state index contributed by atoms with van der Waals surface area (Å²) < 4.78 is 13.6. The highest BCUT2D eigenvalue weighted by atomic mass is 19.1. The topological polar surface area (TPSA) is 66.4 Å². The number of carboxylic acids is 1. The zero-order valence-corrected chi connectivity index (χ0v) is 13.7. The van der Waals surface area contributed by atoms with Gasteiger partial charge in [0, 0.05) is 12.1 Å². The van der Waals surface area contributed by atoms with Gasteiger partial charge in [-0.3, -0.25) is 9.59 Å². The lowest BCUT2D eigenvalue weighted by atomic mass is 9.78. The summed E-state index contributed by atoms with van der Waals surface area (Å²) in [6, 6.07) is 13.1. The summed E-state index contributed by atoms with van der Waals surface area (Å²) in [5.74, 6) is -1.96. The van der Waals surface area contributed by atoms with Crippen LogP contribution in [0.2, 0.25) is 0 Å². The van der Waals surface area contributed by atoms with Crippen LogP contribution in [-0.4, -0.2) is 23.5 Å². The van der Waals surface area contributed by atoms with E-state index < -0.39 is 23.1 Å². The number of carbonyl (C=O) groups excluding carboxylic acids is 1. The molecule has 0 fully saturated rings. The van der Waals surface area contributed by atoms with Crippen LogP contribution in [0.5, 0.6) is 0 Å². The minimum absolute atomic E-state index is 0.0718. The number of amides is 1. The van der Waals surface area contributed by atoms with Crippen molar-refractivity contribution in [3.63, 3.8) is 0 Å². The molecule has 5 heteroatoms. The van der Waals surface area contributed by atoms with Crippen molar-refractivity contribution in [1.82, 2.24) is 5.32 Å². The Morgan fingerprint density at radius 1 is 1.12 bits per heavy atom. The fourth-order valence-electron chi connectivity index (χ4n) is 2.72. The third-order valence-corrected chi connectivity index (χ3v) is 4.40. The largest absolute Gasteiger partial charge is 0.481 e. The predicted molar refractivity (Wildman–Crippen MR) is 89.5 cm³/mol. The van der Waals surface area contributed by atoms with Gasteiger partial charge >= 0.3 is 5.97 Å². The first-order valence-corrected chi connectivity index (χ1v) is 7.74. The van der Waals surface area contributed by atoms with Gasteiger partial charge in [0.2, 0.25) is 0 Å². The van der Waals surface area contributed by atoms with Crippen molar-refractivity contribution in [2.45, 2.75) is 25.7 Å². The number of nitrogens with one attached hydrogen (secondary N) is 1. The van der Waals surface area contributed by atoms with E-state index in [1.165, 1.54) is 25.1 Å². The van der Waals surface area contributed by atoms with E-state index in [0.717, 1.165) is 0 Å². The van der Waals surface area contributed by atoms with Crippen LogP contribution < -0.4 is 5.32 Å². The Morgan fingerprint density at radius 3 is 2.38 bits per heavy atom. The molecule has 0 radical (unpaired) electrons. The Bertz CT molecular complexity index is 746. The number of hydrogen-bond donors (Lipinski definition) is 2. The summed E-state index contributed by atoms with van der Waals surface area (Å²) in [5.41, 5.74) is -0.153. The second-order valence-corrected chi connectivity index (χ2v) is 5.70. The van der Waals surface area contributed by atoms with Gasteiger partial charge in [-0.1, -0.05) is 43.3 Å². The lowest BCUT2D eigenvalue weighted by Gasteiger charge is -2.29. The molecule has 0 bridgehead atoms. The monoisotopic (exact) mass is 329 g/mol. The summed E-state index contributed by atoms with van der Waals surface area (Å²) >= 11 is 0. The van der Waals surface area contributed by atoms with Crippen LogP contribution in [0.15, 0.2) is 48.5 Å². The van der Waals surface area contributed by atoms with Gasteiger partial charge in [-0.05, 0) is 36.6 Å². The summed E-state index contributed by atoms with van der Waals surface area (Å²) in [7, 11) is 0. The highest BCUT2D eigenvalue weighted by Crippen LogP contribution is 2.28. The van der Waals surface area contributed by atoms with Crippen molar-refractivity contribution < 1.29 is 19.1 Å². The van der Waals surface area contributed by atoms with Crippen LogP contribution in [0.4, 0.5) is 4.39 Å². The molecular formula is C19H20FNO3. The maximum absolute atomic E-state index is 13.6. The molecule has 2 aromatic rings. The Kier molecular flexibility index (Phi) is 5.34. The first-order valence-electron chi connectivity index (χ1n) is 7.74. The molecule has 0 saturated carbocycles. The van der Waals surface area contributed by atoms with Crippen LogP contribution in [0, 0.1) is 12.7 Å². The molecule has 24 heavy (non-hydrogen) atoms. The normalized spacial score (nSPS) is 13.1. The lowest BCUT2D eigenvalue weighted by molar-refractivity contribution is -0.143. The number of benzene rings is 2. The first kappa shape index (κ1) is 17.7. The van der Waals surface area contributed by atoms with Crippen molar-refractivity contribution in [1.29, 1.82) is 0 Å². The van der Waals surface area contributed by atoms with E-state index in [2.05, 4.69) is 5.32 Å². The zero-order valence-electron chi connectivity index (χ0n) is 13.7. The van der Waals surface area contributed by atoms with Crippen LogP contribution in [0.1, 0.15) is 34.8 Å². The van der Waals surface area contributed by atoms with Gasteiger partial charge in [-0.25, -0.2) is 4.39 Å². The number of aliphatic carboxylic acids is 1. The van der Waals surface area contributed by atoms with E-state index in [1.807, 2.05) is 0 Å². The van der Waals surface area contributed by atoms with Crippen molar-refractivity contribution in [2.24, 2.45) is 0 Å². The van der Waals surface area contributed by atoms with E-state index in [-0.39, 0.29) is 17.7 Å². The second-order valence-electron chi connectivity index (χ2n) is 5.70. The molecule has 0 aliphatic rings. The van der Waals surface area contributed by atoms with Gasteiger partial charge in [0.15, 0.2) is 0 Å². The quantitative estimate of drug-likeness (QED) is 0.854. The number of rotatable bonds is 6. The smallest absolute Gasteiger partial charge is 0.315 e. The highest BCUT2D eigenvalue weighted by molar-refractivity contribution is 5.96. The van der Waals surface area contributed by atoms with Gasteiger partial charge in [0.25, 0.3) is 5.91 Å². The van der Waals surface area contributed by atoms with Gasteiger partial charge < -0.3 is 10.4 Å². The zero-order chi connectivity index (χ0) is 17.7. The summed E-state index contributed by atoms with van der Waals surface area (Å²) in [5, 5.41) is 12.4. The van der Waals surface area contributed by atoms with Crippen LogP contribution in [0.3, 0.4) is 0 Å². The van der Waals surface area contributed by atoms with E-state index in [1.54, 1.807) is 37.3 Å². The first-order chi connectivity index (χ1) is 11.4. The van der Waals surface area contributed by atoms with Crippen molar-refractivity contribution in [2.75, 3.05) is 6.54 Å². The average molecular weight is 329 g/mol. The van der Waals surface area contributed by atoms with Crippen LogP contribution >= 0.6 is 0 Å². The minimum Gasteiger partial charge on any atom is -0.481 e. The summed E-state index contributed by atoms with van der Waals surface area (Å²) in [6.07, 6.45) is 0.314. The molecular weight excluding hydrogens is 309 g/mol. The molecule has 0 spiro atoms. The third-order valence-electron chi connectivity index (χ3n) is 4.40. The van der Waals surface area contributed by atoms with Crippen LogP contribution in [0.25, 0.3) is 0 Å². The van der Waals surface area contributed by atoms with Crippen molar-refractivity contribution in [3.8, 4) is 0 Å². The Labute approximate surface area is 140 Å². The maximum Gasteiger partial charge on any atom is 0.315 e. The molecule has 1 amide bonds. The van der Waals surface area contributed by atoms with Gasteiger partial charge in [-0.2, -0.15) is 0 Å². The predicted octanol–water partition coefficient (Wildman–Crippen LogP) is 3.30. The van der Waals surface area contributed by atoms with E-state index in [4.69, 9.17) is 0 Å². The van der Waals surface area contributed by atoms with Gasteiger partial charge in [-0.15, -0.1) is 0 Å². The van der Waals surface area contributed by atoms with Crippen molar-refractivity contribution >= 4 is 11.9 Å². The van der Waals surface area contributed by atoms with E-state index >= 15 is 0 Å². The lowest BCUT2D eigenvalue weighted by Crippen LogP contribution is -2.46. The van der Waals surface area contributed by atoms with Crippen LogP contribution in [-0.2, 0) is 10.2 Å². The number of carbonyl (C=O) groups is 2. The fourth-order valence-corrected chi connectivity index (χ4v) is 2.72. The van der Waals surface area contributed by atoms with E-state index in [0.29, 0.717) is 12.0 Å². The molecule has 1 unspecified atom stereocenters. The summed E-state index contributed by atoms with van der Waals surface area (Å²) in [4.78, 5) is 24.3. The van der Waals surface area contributed by atoms with Gasteiger partial charge in [0.05, 0.1) is 0 Å². The standard InChI is InChI=1S/C19H20FNO3/c1-3-19(18(23)24,14-8-5-4-6-9-14)12-21-17(22)15-10-7-11-16(20)13(15)2/h4-11H,3,12H2,1-2H3,(H,21,22)(H,23,24). The molecule has 126 valence electrons. The van der Waals surface area contributed by atoms with Gasteiger partial charge in [0.1, 0.15) is 11.2 Å². The molecule has 2 N–H and O–H groups in total. The summed E-state index contributed by atoms with van der Waals surface area (Å²) in [6.45, 7) is 3.21. The molecule has 4 nitrogen and oxygen atoms in total. The molecule has 2 aromatic carbocycles. The fraction of sp³-hybridized carbons (Fsp3) is 0.263. The molecule has 0 aliphatic carbocycles. The van der Waals surface area contributed by atoms with E-state index in [9.17, 15) is 19.1 Å². The average Bonchev–Trinajstić information content (AvgIpc) is 2.58. The molecule has 0 aliphatic heterocycles. The molecule has 0 saturated heterocycles. The Balaban J connectivity index is 2.27.